The van der Waals surface area contributed by atoms with E-state index in [0.29, 0.717) is 40.4 Å². The number of aromatic nitrogens is 4. The molecule has 2 heterocycles. The first-order chi connectivity index (χ1) is 12.8. The second-order valence-corrected chi connectivity index (χ2v) is 8.17. The summed E-state index contributed by atoms with van der Waals surface area (Å²) in [6.45, 7) is 5.20. The molecule has 0 aliphatic heterocycles. The summed E-state index contributed by atoms with van der Waals surface area (Å²) in [6, 6.07) is 6.01. The lowest BCUT2D eigenvalue weighted by Crippen LogP contribution is -2.25. The number of aromatic amines is 1. The van der Waals surface area contributed by atoms with Crippen LogP contribution in [0.2, 0.25) is 0 Å². The first kappa shape index (κ1) is 19.5. The SMILES string of the molecule is CCCn1c(=O)c2[nH]c(-c3ccc(S(N)(=O)=O)cc3)nc2n(CCC)c1=S. The zero-order valence-corrected chi connectivity index (χ0v) is 16.7. The largest absolute Gasteiger partial charge is 0.332 e. The molecule has 0 fully saturated rings. The van der Waals surface area contributed by atoms with Crippen molar-refractivity contribution in [3.8, 4) is 11.4 Å². The number of nitrogens with one attached hydrogen (secondary N) is 1. The molecule has 0 aliphatic carbocycles. The summed E-state index contributed by atoms with van der Waals surface area (Å²) in [4.78, 5) is 20.5. The zero-order chi connectivity index (χ0) is 19.8. The van der Waals surface area contributed by atoms with Gasteiger partial charge < -0.3 is 9.55 Å². The normalized spacial score (nSPS) is 12.0. The summed E-state index contributed by atoms with van der Waals surface area (Å²) < 4.78 is 26.7. The maximum atomic E-state index is 12.8. The van der Waals surface area contributed by atoms with Crippen LogP contribution in [0.4, 0.5) is 0 Å². The topological polar surface area (TPSA) is 116 Å². The van der Waals surface area contributed by atoms with Crippen LogP contribution in [0, 0.1) is 4.77 Å². The number of hydrogen-bond acceptors (Lipinski definition) is 5. The second kappa shape index (κ2) is 7.37. The number of nitrogens with two attached hydrogens (primary N) is 1. The van der Waals surface area contributed by atoms with Crippen LogP contribution in [0.25, 0.3) is 22.6 Å². The highest BCUT2D eigenvalue weighted by Gasteiger charge is 2.16. The number of fused-ring (bicyclic) bond motifs is 1. The fourth-order valence-corrected chi connectivity index (χ4v) is 3.82. The molecule has 0 aliphatic rings. The molecule has 3 N–H and O–H groups in total. The van der Waals surface area contributed by atoms with E-state index in [4.69, 9.17) is 17.4 Å². The molecule has 0 bridgehead atoms. The predicted molar refractivity (Wildman–Crippen MR) is 107 cm³/mol. The summed E-state index contributed by atoms with van der Waals surface area (Å²) in [6.07, 6.45) is 1.64. The summed E-state index contributed by atoms with van der Waals surface area (Å²) in [7, 11) is -3.77. The van der Waals surface area contributed by atoms with Crippen molar-refractivity contribution in [2.24, 2.45) is 5.14 Å². The third-order valence-electron chi connectivity index (χ3n) is 4.21. The third kappa shape index (κ3) is 3.60. The van der Waals surface area contributed by atoms with Gasteiger partial charge in [0.25, 0.3) is 5.56 Å². The van der Waals surface area contributed by atoms with E-state index in [2.05, 4.69) is 9.97 Å². The minimum atomic E-state index is -3.77. The van der Waals surface area contributed by atoms with Crippen molar-refractivity contribution in [1.82, 2.24) is 19.1 Å². The number of aryl methyl sites for hydroxylation is 1. The molecule has 144 valence electrons. The number of rotatable bonds is 6. The van der Waals surface area contributed by atoms with Crippen LogP contribution in [0.5, 0.6) is 0 Å². The van der Waals surface area contributed by atoms with E-state index in [-0.39, 0.29) is 10.5 Å². The van der Waals surface area contributed by atoms with Gasteiger partial charge in [-0.25, -0.2) is 18.5 Å². The van der Waals surface area contributed by atoms with Crippen LogP contribution in [0.3, 0.4) is 0 Å². The van der Waals surface area contributed by atoms with Crippen LogP contribution in [0.1, 0.15) is 26.7 Å². The van der Waals surface area contributed by atoms with Crippen molar-refractivity contribution in [2.75, 3.05) is 0 Å². The number of benzene rings is 1. The molecule has 0 spiro atoms. The fourth-order valence-electron chi connectivity index (χ4n) is 2.95. The Hall–Kier alpha value is -2.30. The lowest BCUT2D eigenvalue weighted by atomic mass is 10.2. The molecule has 0 unspecified atom stereocenters. The van der Waals surface area contributed by atoms with E-state index in [1.54, 1.807) is 16.7 Å². The fraction of sp³-hybridized carbons (Fsp3) is 0.353. The number of H-pyrrole nitrogens is 1. The lowest BCUT2D eigenvalue weighted by Gasteiger charge is -2.11. The Labute approximate surface area is 161 Å². The summed E-state index contributed by atoms with van der Waals surface area (Å²) in [5.41, 5.74) is 1.33. The summed E-state index contributed by atoms with van der Waals surface area (Å²) in [5.74, 6) is 0.469. The van der Waals surface area contributed by atoms with E-state index in [1.807, 2.05) is 18.4 Å². The van der Waals surface area contributed by atoms with E-state index >= 15 is 0 Å². The van der Waals surface area contributed by atoms with Gasteiger partial charge >= 0.3 is 0 Å². The van der Waals surface area contributed by atoms with E-state index in [0.717, 1.165) is 12.8 Å². The molecule has 10 heteroatoms. The highest BCUT2D eigenvalue weighted by atomic mass is 32.2. The number of primary sulfonamides is 1. The average Bonchev–Trinajstić information content (AvgIpc) is 3.07. The van der Waals surface area contributed by atoms with Gasteiger partial charge in [-0.15, -0.1) is 0 Å². The van der Waals surface area contributed by atoms with Crippen LogP contribution in [0.15, 0.2) is 34.0 Å². The summed E-state index contributed by atoms with van der Waals surface area (Å²) in [5, 5.41) is 5.13. The molecule has 0 amide bonds. The number of imidazole rings is 1. The van der Waals surface area contributed by atoms with Gasteiger partial charge in [0.1, 0.15) is 11.3 Å². The molecule has 27 heavy (non-hydrogen) atoms. The molecule has 8 nitrogen and oxygen atoms in total. The van der Waals surface area contributed by atoms with Gasteiger partial charge in [-0.2, -0.15) is 0 Å². The van der Waals surface area contributed by atoms with Crippen molar-refractivity contribution >= 4 is 33.4 Å². The number of hydrogen-bond donors (Lipinski definition) is 2. The molecule has 0 saturated carbocycles. The third-order valence-corrected chi connectivity index (χ3v) is 5.58. The minimum absolute atomic E-state index is 0.0153. The highest BCUT2D eigenvalue weighted by Crippen LogP contribution is 2.21. The van der Waals surface area contributed by atoms with E-state index in [1.165, 1.54) is 12.1 Å². The van der Waals surface area contributed by atoms with Gasteiger partial charge in [0.15, 0.2) is 10.4 Å². The van der Waals surface area contributed by atoms with Gasteiger partial charge in [0.2, 0.25) is 10.0 Å². The molecule has 0 saturated heterocycles. The van der Waals surface area contributed by atoms with Crippen LogP contribution >= 0.6 is 12.2 Å². The van der Waals surface area contributed by atoms with Gasteiger partial charge in [-0.1, -0.05) is 13.8 Å². The first-order valence-corrected chi connectivity index (χ1v) is 10.6. The molecule has 3 aromatic rings. The van der Waals surface area contributed by atoms with Crippen LogP contribution in [-0.2, 0) is 23.1 Å². The quantitative estimate of drug-likeness (QED) is 0.609. The van der Waals surface area contributed by atoms with Gasteiger partial charge in [0.05, 0.1) is 4.90 Å². The molecule has 3 rings (SSSR count). The van der Waals surface area contributed by atoms with Crippen molar-refractivity contribution in [3.63, 3.8) is 0 Å². The van der Waals surface area contributed by atoms with Crippen molar-refractivity contribution in [2.45, 2.75) is 44.7 Å². The van der Waals surface area contributed by atoms with E-state index in [9.17, 15) is 13.2 Å². The van der Waals surface area contributed by atoms with Crippen molar-refractivity contribution < 1.29 is 8.42 Å². The van der Waals surface area contributed by atoms with Crippen LogP contribution < -0.4 is 10.7 Å². The molecule has 0 atom stereocenters. The number of sulfonamides is 1. The highest BCUT2D eigenvalue weighted by molar-refractivity contribution is 7.89. The monoisotopic (exact) mass is 407 g/mol. The standard InChI is InChI=1S/C17H21N5O3S2/c1-3-9-21-15-13(16(23)22(10-4-2)17(21)26)19-14(20-15)11-5-7-12(8-6-11)27(18,24)25/h5-8H,3-4,9-10H2,1-2H3,(H,19,20)(H2,18,24,25). The maximum absolute atomic E-state index is 12.8. The minimum Gasteiger partial charge on any atom is -0.332 e. The van der Waals surface area contributed by atoms with Crippen LogP contribution in [-0.4, -0.2) is 27.5 Å². The second-order valence-electron chi connectivity index (χ2n) is 6.24. The Kier molecular flexibility index (Phi) is 5.31. The van der Waals surface area contributed by atoms with Crippen molar-refractivity contribution in [3.05, 3.63) is 39.4 Å². The Morgan fingerprint density at radius 2 is 1.70 bits per heavy atom. The Morgan fingerprint density at radius 1 is 1.11 bits per heavy atom. The van der Waals surface area contributed by atoms with Crippen molar-refractivity contribution in [1.29, 1.82) is 0 Å². The Morgan fingerprint density at radius 3 is 2.26 bits per heavy atom. The molecule has 0 radical (unpaired) electrons. The lowest BCUT2D eigenvalue weighted by molar-refractivity contribution is 0.575. The van der Waals surface area contributed by atoms with Gasteiger partial charge in [-0.05, 0) is 49.3 Å². The predicted octanol–water partition coefficient (Wildman–Crippen LogP) is 2.39. The Balaban J connectivity index is 2.22. The molecule has 2 aromatic heterocycles. The number of nitrogens with zero attached hydrogens (tertiary/aromatic N) is 3. The zero-order valence-electron chi connectivity index (χ0n) is 15.1. The molecule has 1 aromatic carbocycles. The maximum Gasteiger partial charge on any atom is 0.280 e. The van der Waals surface area contributed by atoms with E-state index < -0.39 is 10.0 Å². The molecular weight excluding hydrogens is 386 g/mol. The summed E-state index contributed by atoms with van der Waals surface area (Å²) >= 11 is 5.51. The van der Waals surface area contributed by atoms with Gasteiger partial charge in [0, 0.05) is 18.7 Å². The Bertz CT molecular complexity index is 1200. The first-order valence-electron chi connectivity index (χ1n) is 8.64. The molecular formula is C17H21N5O3S2. The smallest absolute Gasteiger partial charge is 0.280 e. The van der Waals surface area contributed by atoms with Gasteiger partial charge in [-0.3, -0.25) is 9.36 Å². The average molecular weight is 408 g/mol.